The molecule has 0 saturated heterocycles. The number of tetrazole rings is 1. The molecule has 3 rings (SSSR count). The Hall–Kier alpha value is -1.90. The van der Waals surface area contributed by atoms with Crippen molar-refractivity contribution in [3.8, 4) is 0 Å². The smallest absolute Gasteiger partial charge is 0.237 e. The second-order valence-corrected chi connectivity index (χ2v) is 8.18. The molecule has 0 saturated carbocycles. The molecule has 1 unspecified atom stereocenters. The summed E-state index contributed by atoms with van der Waals surface area (Å²) in [6.07, 6.45) is 0. The summed E-state index contributed by atoms with van der Waals surface area (Å²) < 4.78 is 1.70. The predicted octanol–water partition coefficient (Wildman–Crippen LogP) is 3.86. The van der Waals surface area contributed by atoms with Crippen molar-refractivity contribution in [2.24, 2.45) is 0 Å². The van der Waals surface area contributed by atoms with E-state index in [1.165, 1.54) is 11.8 Å². The van der Waals surface area contributed by atoms with Gasteiger partial charge in [0, 0.05) is 15.6 Å². The van der Waals surface area contributed by atoms with Gasteiger partial charge in [0.2, 0.25) is 11.1 Å². The highest BCUT2D eigenvalue weighted by Gasteiger charge is 2.19. The van der Waals surface area contributed by atoms with E-state index in [4.69, 9.17) is 11.6 Å². The van der Waals surface area contributed by atoms with Crippen molar-refractivity contribution in [3.63, 3.8) is 0 Å². The topological polar surface area (TPSA) is 72.7 Å². The van der Waals surface area contributed by atoms with Crippen molar-refractivity contribution in [1.82, 2.24) is 20.2 Å². The summed E-state index contributed by atoms with van der Waals surface area (Å²) in [5, 5.41) is 17.5. The summed E-state index contributed by atoms with van der Waals surface area (Å²) in [5.74, 6) is -0.124. The summed E-state index contributed by atoms with van der Waals surface area (Å²) in [4.78, 5) is 13.6. The van der Waals surface area contributed by atoms with Crippen LogP contribution in [0.1, 0.15) is 17.4 Å². The van der Waals surface area contributed by atoms with Crippen LogP contribution in [0.4, 0.5) is 5.69 Å². The van der Waals surface area contributed by atoms with Crippen molar-refractivity contribution in [1.29, 1.82) is 0 Å². The van der Waals surface area contributed by atoms with E-state index in [0.29, 0.717) is 22.4 Å². The van der Waals surface area contributed by atoms with Gasteiger partial charge in [0.15, 0.2) is 0 Å². The monoisotopic (exact) mass is 393 g/mol. The van der Waals surface area contributed by atoms with Crippen molar-refractivity contribution in [2.75, 3.05) is 5.32 Å². The van der Waals surface area contributed by atoms with Crippen LogP contribution >= 0.6 is 34.7 Å². The maximum absolute atomic E-state index is 12.5. The lowest BCUT2D eigenvalue weighted by molar-refractivity contribution is -0.115. The molecule has 0 aliphatic carbocycles. The van der Waals surface area contributed by atoms with Gasteiger partial charge in [-0.2, -0.15) is 0 Å². The van der Waals surface area contributed by atoms with Crippen LogP contribution in [-0.4, -0.2) is 31.4 Å². The fraction of sp³-hybridized carbons (Fsp3) is 0.250. The number of carbonyl (C=O) groups is 1. The van der Waals surface area contributed by atoms with Crippen LogP contribution in [-0.2, 0) is 11.3 Å². The lowest BCUT2D eigenvalue weighted by Crippen LogP contribution is -2.23. The quantitative estimate of drug-likeness (QED) is 0.643. The molecule has 130 valence electrons. The molecule has 0 aliphatic rings. The summed E-state index contributed by atoms with van der Waals surface area (Å²) in [7, 11) is 0. The van der Waals surface area contributed by atoms with Crippen LogP contribution in [0.3, 0.4) is 0 Å². The first kappa shape index (κ1) is 17.9. The zero-order valence-electron chi connectivity index (χ0n) is 13.6. The first-order valence-corrected chi connectivity index (χ1v) is 9.69. The number of halogens is 1. The van der Waals surface area contributed by atoms with Crippen molar-refractivity contribution >= 4 is 46.3 Å². The Labute approximate surface area is 158 Å². The Bertz CT molecular complexity index is 865. The maximum Gasteiger partial charge on any atom is 0.237 e. The number of amides is 1. The van der Waals surface area contributed by atoms with Crippen molar-refractivity contribution in [3.05, 3.63) is 51.2 Å². The number of hydrogen-bond donors (Lipinski definition) is 1. The molecule has 0 fully saturated rings. The Balaban J connectivity index is 1.66. The summed E-state index contributed by atoms with van der Waals surface area (Å²) >= 11 is 8.96. The maximum atomic E-state index is 12.5. The fourth-order valence-electron chi connectivity index (χ4n) is 2.11. The third-order valence-corrected chi connectivity index (χ3v) is 5.66. The summed E-state index contributed by atoms with van der Waals surface area (Å²) in [5.41, 5.74) is 1.67. The molecule has 0 bridgehead atoms. The Morgan fingerprint density at radius 1 is 1.44 bits per heavy atom. The third-order valence-electron chi connectivity index (χ3n) is 3.49. The first-order chi connectivity index (χ1) is 12.0. The van der Waals surface area contributed by atoms with Gasteiger partial charge in [0.05, 0.1) is 11.8 Å². The molecule has 0 radical (unpaired) electrons. The Morgan fingerprint density at radius 2 is 2.28 bits per heavy atom. The van der Waals surface area contributed by atoms with E-state index in [-0.39, 0.29) is 11.2 Å². The third kappa shape index (κ3) is 4.59. The molecule has 1 N–H and O–H groups in total. The van der Waals surface area contributed by atoms with Crippen LogP contribution in [0.2, 0.25) is 5.02 Å². The summed E-state index contributed by atoms with van der Waals surface area (Å²) in [6, 6.07) is 9.42. The Morgan fingerprint density at radius 3 is 3.04 bits per heavy atom. The van der Waals surface area contributed by atoms with Gasteiger partial charge in [0.25, 0.3) is 0 Å². The molecule has 25 heavy (non-hydrogen) atoms. The molecule has 9 heteroatoms. The van der Waals surface area contributed by atoms with Crippen LogP contribution in [0.25, 0.3) is 0 Å². The van der Waals surface area contributed by atoms with Gasteiger partial charge in [-0.1, -0.05) is 35.5 Å². The zero-order valence-corrected chi connectivity index (χ0v) is 16.0. The van der Waals surface area contributed by atoms with Gasteiger partial charge < -0.3 is 5.32 Å². The number of benzene rings is 1. The Kier molecular flexibility index (Phi) is 5.72. The van der Waals surface area contributed by atoms with E-state index in [2.05, 4.69) is 20.8 Å². The van der Waals surface area contributed by atoms with E-state index < -0.39 is 0 Å². The van der Waals surface area contributed by atoms with Crippen LogP contribution in [0.15, 0.2) is 40.9 Å². The summed E-state index contributed by atoms with van der Waals surface area (Å²) in [6.45, 7) is 4.34. The number of thioether (sulfide) groups is 1. The number of anilines is 1. The molecule has 2 aromatic heterocycles. The van der Waals surface area contributed by atoms with Crippen LogP contribution in [0.5, 0.6) is 0 Å². The molecule has 2 heterocycles. The van der Waals surface area contributed by atoms with Gasteiger partial charge >= 0.3 is 0 Å². The average Bonchev–Trinajstić information content (AvgIpc) is 3.24. The van der Waals surface area contributed by atoms with Crippen LogP contribution in [0, 0.1) is 6.92 Å². The van der Waals surface area contributed by atoms with Gasteiger partial charge in [-0.3, -0.25) is 4.79 Å². The number of aryl methyl sites for hydroxylation is 1. The highest BCUT2D eigenvalue weighted by Crippen LogP contribution is 2.25. The molecular weight excluding hydrogens is 378 g/mol. The second kappa shape index (κ2) is 7.99. The van der Waals surface area contributed by atoms with Crippen molar-refractivity contribution in [2.45, 2.75) is 30.8 Å². The molecule has 0 spiro atoms. The average molecular weight is 394 g/mol. The molecule has 6 nitrogen and oxygen atoms in total. The molecule has 1 amide bonds. The highest BCUT2D eigenvalue weighted by atomic mass is 35.5. The van der Waals surface area contributed by atoms with E-state index in [1.54, 1.807) is 28.2 Å². The van der Waals surface area contributed by atoms with Gasteiger partial charge in [0.1, 0.15) is 0 Å². The van der Waals surface area contributed by atoms with E-state index in [9.17, 15) is 4.79 Å². The SMILES string of the molecule is Cc1ccc(Cl)cc1NC(=O)C(C)Sc1nnnn1Cc1cccs1. The van der Waals surface area contributed by atoms with E-state index in [0.717, 1.165) is 10.4 Å². The zero-order chi connectivity index (χ0) is 17.8. The minimum absolute atomic E-state index is 0.124. The number of nitrogens with zero attached hydrogens (tertiary/aromatic N) is 4. The molecule has 0 aliphatic heterocycles. The standard InChI is InChI=1S/C16H16ClN5OS2/c1-10-5-6-12(17)8-14(10)18-15(23)11(2)25-16-19-20-21-22(16)9-13-4-3-7-24-13/h3-8,11H,9H2,1-2H3,(H,18,23). The molecule has 1 aromatic carbocycles. The number of nitrogens with one attached hydrogen (secondary N) is 1. The molecular formula is C16H16ClN5OS2. The second-order valence-electron chi connectivity index (χ2n) is 5.41. The lowest BCUT2D eigenvalue weighted by Gasteiger charge is -2.13. The number of carbonyl (C=O) groups excluding carboxylic acids is 1. The van der Waals surface area contributed by atoms with Crippen molar-refractivity contribution < 1.29 is 4.79 Å². The largest absolute Gasteiger partial charge is 0.325 e. The van der Waals surface area contributed by atoms with Gasteiger partial charge in [-0.25, -0.2) is 4.68 Å². The van der Waals surface area contributed by atoms with Gasteiger partial charge in [-0.15, -0.1) is 16.4 Å². The number of rotatable bonds is 6. The molecule has 3 aromatic rings. The fourth-order valence-corrected chi connectivity index (χ4v) is 3.75. The minimum atomic E-state index is -0.355. The van der Waals surface area contributed by atoms with Gasteiger partial charge in [-0.05, 0) is 53.4 Å². The minimum Gasteiger partial charge on any atom is -0.325 e. The van der Waals surface area contributed by atoms with E-state index >= 15 is 0 Å². The number of aromatic nitrogens is 4. The van der Waals surface area contributed by atoms with E-state index in [1.807, 2.05) is 37.4 Å². The predicted molar refractivity (Wildman–Crippen MR) is 101 cm³/mol. The first-order valence-electron chi connectivity index (χ1n) is 7.55. The van der Waals surface area contributed by atoms with Crippen LogP contribution < -0.4 is 5.32 Å². The highest BCUT2D eigenvalue weighted by molar-refractivity contribution is 8.00. The normalized spacial score (nSPS) is 12.1. The number of hydrogen-bond acceptors (Lipinski definition) is 6. The number of thiophene rings is 1. The molecule has 1 atom stereocenters. The lowest BCUT2D eigenvalue weighted by atomic mass is 10.2.